The summed E-state index contributed by atoms with van der Waals surface area (Å²) in [7, 11) is 1.57. The molecule has 0 fully saturated rings. The number of rotatable bonds is 14. The van der Waals surface area contributed by atoms with Crippen LogP contribution in [0.25, 0.3) is 22.0 Å². The average Bonchev–Trinajstić information content (AvgIpc) is 2.89. The molecule has 2 aromatic carbocycles. The third kappa shape index (κ3) is 8.17. The molecule has 7 nitrogen and oxygen atoms in total. The van der Waals surface area contributed by atoms with Crippen molar-refractivity contribution >= 4 is 41.5 Å². The molecular formula is C28H38Cl2FN3O4. The minimum Gasteiger partial charge on any atom is -0.497 e. The lowest BCUT2D eigenvalue weighted by Gasteiger charge is -2.18. The molecule has 38 heavy (non-hydrogen) atoms. The number of halogens is 3. The van der Waals surface area contributed by atoms with Crippen LogP contribution < -0.4 is 26.4 Å². The molecule has 0 unspecified atom stereocenters. The second-order valence-corrected chi connectivity index (χ2v) is 8.87. The van der Waals surface area contributed by atoms with Gasteiger partial charge < -0.3 is 25.5 Å². The number of methoxy groups -OCH3 is 1. The summed E-state index contributed by atoms with van der Waals surface area (Å²) in [5.41, 5.74) is 12.6. The largest absolute Gasteiger partial charge is 0.497 e. The summed E-state index contributed by atoms with van der Waals surface area (Å²) in [5.74, 6) is 0.474. The van der Waals surface area contributed by atoms with E-state index in [0.717, 1.165) is 19.3 Å². The molecule has 1 aromatic heterocycles. The number of ether oxygens (including phenoxy) is 2. The summed E-state index contributed by atoms with van der Waals surface area (Å²) in [4.78, 5) is 26.0. The summed E-state index contributed by atoms with van der Waals surface area (Å²) in [6, 6.07) is 9.35. The van der Waals surface area contributed by atoms with Gasteiger partial charge in [0.2, 0.25) is 0 Å². The van der Waals surface area contributed by atoms with Gasteiger partial charge in [0.1, 0.15) is 23.1 Å². The van der Waals surface area contributed by atoms with Crippen LogP contribution in [0.4, 0.5) is 4.39 Å². The molecule has 0 bridgehead atoms. The summed E-state index contributed by atoms with van der Waals surface area (Å²) < 4.78 is 28.0. The van der Waals surface area contributed by atoms with Crippen LogP contribution in [-0.4, -0.2) is 36.7 Å². The second-order valence-electron chi connectivity index (χ2n) is 8.87. The molecule has 0 spiro atoms. The maximum absolute atomic E-state index is 15.1. The molecule has 0 saturated heterocycles. The molecule has 3 aromatic rings. The normalized spacial score (nSPS) is 11.4. The number of hydrogen-bond acceptors (Lipinski definition) is 6. The predicted octanol–water partition coefficient (Wildman–Crippen LogP) is 5.25. The number of fused-ring (bicyclic) bond motifs is 1. The molecule has 0 aliphatic carbocycles. The van der Waals surface area contributed by atoms with Crippen LogP contribution in [0.3, 0.4) is 0 Å². The van der Waals surface area contributed by atoms with Gasteiger partial charge in [0.15, 0.2) is 5.43 Å². The summed E-state index contributed by atoms with van der Waals surface area (Å²) >= 11 is 0. The van der Waals surface area contributed by atoms with Gasteiger partial charge in [-0.1, -0.05) is 25.5 Å². The Bertz CT molecular complexity index is 1240. The lowest BCUT2D eigenvalue weighted by molar-refractivity contribution is -0.120. The number of nitrogens with zero attached hydrogens (tertiary/aromatic N) is 1. The van der Waals surface area contributed by atoms with Gasteiger partial charge in [-0.3, -0.25) is 9.59 Å². The van der Waals surface area contributed by atoms with E-state index in [-0.39, 0.29) is 42.4 Å². The molecule has 0 amide bonds. The number of hydrogen-bond donors (Lipinski definition) is 2. The van der Waals surface area contributed by atoms with Crippen molar-refractivity contribution in [2.75, 3.05) is 20.3 Å². The molecular weight excluding hydrogens is 532 g/mol. The standard InChI is InChI=1S/C28H36FN3O4.2ClH/c1-3-17-36-25-14-13-22(29)26-27(25)32(16-6-8-24(33)23(31)7-4-5-15-30)18-21(28(26)34)19-9-11-20(35-2)12-10-19;;/h9-14,18,23H,3-8,15-17,30-31H2,1-2H3;2*1H/t23-;;/m0../s1. The zero-order valence-electron chi connectivity index (χ0n) is 21.9. The Morgan fingerprint density at radius 2 is 1.79 bits per heavy atom. The van der Waals surface area contributed by atoms with Crippen LogP contribution in [0, 0.1) is 5.82 Å². The third-order valence-corrected chi connectivity index (χ3v) is 6.20. The van der Waals surface area contributed by atoms with Crippen LogP contribution in [0.15, 0.2) is 47.4 Å². The smallest absolute Gasteiger partial charge is 0.200 e. The van der Waals surface area contributed by atoms with E-state index in [0.29, 0.717) is 60.7 Å². The Morgan fingerprint density at radius 1 is 1.08 bits per heavy atom. The third-order valence-electron chi connectivity index (χ3n) is 6.20. The van der Waals surface area contributed by atoms with Gasteiger partial charge >= 0.3 is 0 Å². The molecule has 3 rings (SSSR count). The van der Waals surface area contributed by atoms with E-state index < -0.39 is 17.3 Å². The van der Waals surface area contributed by atoms with Crippen molar-refractivity contribution in [2.45, 2.75) is 58.0 Å². The summed E-state index contributed by atoms with van der Waals surface area (Å²) in [6.07, 6.45) is 5.53. The SMILES string of the molecule is CCCOc1ccc(F)c2c(=O)c(-c3ccc(OC)cc3)cn(CCCC(=O)[C@@H](N)CCCCN)c12.Cl.Cl. The molecule has 0 saturated carbocycles. The van der Waals surface area contributed by atoms with E-state index in [1.165, 1.54) is 6.07 Å². The van der Waals surface area contributed by atoms with Crippen molar-refractivity contribution in [3.63, 3.8) is 0 Å². The van der Waals surface area contributed by atoms with Crippen molar-refractivity contribution in [1.82, 2.24) is 4.57 Å². The van der Waals surface area contributed by atoms with E-state index in [9.17, 15) is 9.59 Å². The van der Waals surface area contributed by atoms with Crippen LogP contribution in [0.5, 0.6) is 11.5 Å². The van der Waals surface area contributed by atoms with Crippen molar-refractivity contribution in [3.05, 3.63) is 58.6 Å². The van der Waals surface area contributed by atoms with Gasteiger partial charge in [0, 0.05) is 24.7 Å². The Balaban J connectivity index is 0.00000361. The first-order valence-corrected chi connectivity index (χ1v) is 12.5. The first-order valence-electron chi connectivity index (χ1n) is 12.5. The molecule has 0 radical (unpaired) electrons. The maximum atomic E-state index is 15.1. The Morgan fingerprint density at radius 3 is 2.42 bits per heavy atom. The Labute approximate surface area is 235 Å². The first-order chi connectivity index (χ1) is 17.4. The number of carbonyl (C=O) groups excluding carboxylic acids is 1. The molecule has 1 atom stereocenters. The number of carbonyl (C=O) groups is 1. The van der Waals surface area contributed by atoms with E-state index >= 15 is 4.39 Å². The zero-order valence-corrected chi connectivity index (χ0v) is 23.5. The molecule has 10 heteroatoms. The molecule has 4 N–H and O–H groups in total. The van der Waals surface area contributed by atoms with Crippen molar-refractivity contribution in [3.8, 4) is 22.6 Å². The summed E-state index contributed by atoms with van der Waals surface area (Å²) in [5, 5.41) is -0.0262. The quantitative estimate of drug-likeness (QED) is 0.256. The van der Waals surface area contributed by atoms with E-state index in [1.807, 2.05) is 11.5 Å². The fraction of sp³-hybridized carbons (Fsp3) is 0.429. The van der Waals surface area contributed by atoms with Crippen LogP contribution >= 0.6 is 24.8 Å². The average molecular weight is 571 g/mol. The molecule has 1 heterocycles. The number of pyridine rings is 1. The minimum absolute atomic E-state index is 0. The fourth-order valence-electron chi connectivity index (χ4n) is 4.22. The van der Waals surface area contributed by atoms with Gasteiger partial charge in [-0.15, -0.1) is 24.8 Å². The van der Waals surface area contributed by atoms with Gasteiger partial charge in [0.05, 0.1) is 30.7 Å². The number of benzene rings is 2. The molecule has 0 aliphatic heterocycles. The minimum atomic E-state index is -0.610. The van der Waals surface area contributed by atoms with Gasteiger partial charge in [-0.2, -0.15) is 0 Å². The van der Waals surface area contributed by atoms with Crippen molar-refractivity contribution in [1.29, 1.82) is 0 Å². The number of nitrogens with two attached hydrogens (primary N) is 2. The predicted molar refractivity (Wildman–Crippen MR) is 156 cm³/mol. The Hall–Kier alpha value is -2.65. The number of Topliss-reactive ketones (excluding diaryl/α,β-unsaturated/α-hetero) is 1. The van der Waals surface area contributed by atoms with Crippen molar-refractivity contribution < 1.29 is 18.7 Å². The number of unbranched alkanes of at least 4 members (excludes halogenated alkanes) is 1. The highest BCUT2D eigenvalue weighted by atomic mass is 35.5. The highest BCUT2D eigenvalue weighted by molar-refractivity contribution is 5.89. The van der Waals surface area contributed by atoms with E-state index in [4.69, 9.17) is 20.9 Å². The molecule has 0 aliphatic rings. The van der Waals surface area contributed by atoms with Crippen LogP contribution in [0.2, 0.25) is 0 Å². The maximum Gasteiger partial charge on any atom is 0.200 e. The van der Waals surface area contributed by atoms with Crippen LogP contribution in [0.1, 0.15) is 45.4 Å². The van der Waals surface area contributed by atoms with E-state index in [1.54, 1.807) is 43.6 Å². The lowest BCUT2D eigenvalue weighted by Crippen LogP contribution is -2.30. The highest BCUT2D eigenvalue weighted by Gasteiger charge is 2.19. The van der Waals surface area contributed by atoms with Gasteiger partial charge in [-0.05, 0) is 62.1 Å². The Kier molecular flexibility index (Phi) is 14.4. The number of aromatic nitrogens is 1. The van der Waals surface area contributed by atoms with E-state index in [2.05, 4.69) is 0 Å². The lowest BCUT2D eigenvalue weighted by atomic mass is 10.0. The van der Waals surface area contributed by atoms with Gasteiger partial charge in [-0.25, -0.2) is 4.39 Å². The van der Waals surface area contributed by atoms with Crippen molar-refractivity contribution in [2.24, 2.45) is 11.5 Å². The first kappa shape index (κ1) is 33.4. The number of aryl methyl sites for hydroxylation is 1. The zero-order chi connectivity index (χ0) is 26.1. The second kappa shape index (κ2) is 16.3. The van der Waals surface area contributed by atoms with Crippen LogP contribution in [-0.2, 0) is 11.3 Å². The summed E-state index contributed by atoms with van der Waals surface area (Å²) in [6.45, 7) is 3.39. The van der Waals surface area contributed by atoms with Gasteiger partial charge in [0.25, 0.3) is 0 Å². The highest BCUT2D eigenvalue weighted by Crippen LogP contribution is 2.30. The number of ketones is 1. The monoisotopic (exact) mass is 569 g/mol. The topological polar surface area (TPSA) is 110 Å². The fourth-order valence-corrected chi connectivity index (χ4v) is 4.22. The molecule has 210 valence electrons.